The van der Waals surface area contributed by atoms with Gasteiger partial charge in [-0.25, -0.2) is 0 Å². The average Bonchev–Trinajstić information content (AvgIpc) is 2.62. The SMILES string of the molecule is CCCCOc1ccc(NC(=O)C=Cc2ccc(OC)cc2)cc1. The van der Waals surface area contributed by atoms with Crippen LogP contribution in [0.3, 0.4) is 0 Å². The summed E-state index contributed by atoms with van der Waals surface area (Å²) < 4.78 is 10.7. The van der Waals surface area contributed by atoms with Crippen molar-refractivity contribution in [2.75, 3.05) is 19.0 Å². The molecular formula is C20H23NO3. The van der Waals surface area contributed by atoms with Gasteiger partial charge in [-0.2, -0.15) is 0 Å². The highest BCUT2D eigenvalue weighted by molar-refractivity contribution is 6.01. The first-order valence-electron chi connectivity index (χ1n) is 8.07. The van der Waals surface area contributed by atoms with Crippen LogP contribution in [0.15, 0.2) is 54.6 Å². The average molecular weight is 325 g/mol. The summed E-state index contributed by atoms with van der Waals surface area (Å²) >= 11 is 0. The summed E-state index contributed by atoms with van der Waals surface area (Å²) in [6.07, 6.45) is 5.41. The van der Waals surface area contributed by atoms with E-state index in [0.717, 1.165) is 35.6 Å². The second-order valence-electron chi connectivity index (χ2n) is 5.32. The zero-order valence-corrected chi connectivity index (χ0v) is 14.1. The van der Waals surface area contributed by atoms with Crippen molar-refractivity contribution >= 4 is 17.7 Å². The highest BCUT2D eigenvalue weighted by Crippen LogP contribution is 2.16. The molecule has 1 amide bonds. The molecule has 2 aromatic carbocycles. The number of methoxy groups -OCH3 is 1. The van der Waals surface area contributed by atoms with E-state index >= 15 is 0 Å². The molecule has 0 saturated heterocycles. The van der Waals surface area contributed by atoms with Gasteiger partial charge in [-0.3, -0.25) is 4.79 Å². The van der Waals surface area contributed by atoms with E-state index < -0.39 is 0 Å². The first-order valence-corrected chi connectivity index (χ1v) is 8.07. The van der Waals surface area contributed by atoms with E-state index in [2.05, 4.69) is 12.2 Å². The Hall–Kier alpha value is -2.75. The van der Waals surface area contributed by atoms with Crippen molar-refractivity contribution in [3.63, 3.8) is 0 Å². The van der Waals surface area contributed by atoms with Crippen molar-refractivity contribution in [2.24, 2.45) is 0 Å². The fraction of sp³-hybridized carbons (Fsp3) is 0.250. The molecule has 2 aromatic rings. The number of carbonyl (C=O) groups excluding carboxylic acids is 1. The first-order chi connectivity index (χ1) is 11.7. The molecule has 0 aliphatic rings. The van der Waals surface area contributed by atoms with Crippen molar-refractivity contribution < 1.29 is 14.3 Å². The van der Waals surface area contributed by atoms with E-state index in [1.807, 2.05) is 48.5 Å². The molecule has 0 aliphatic heterocycles. The lowest BCUT2D eigenvalue weighted by Gasteiger charge is -2.07. The van der Waals surface area contributed by atoms with Crippen LogP contribution in [-0.2, 0) is 4.79 Å². The summed E-state index contributed by atoms with van der Waals surface area (Å²) in [6, 6.07) is 14.9. The van der Waals surface area contributed by atoms with Crippen molar-refractivity contribution in [2.45, 2.75) is 19.8 Å². The summed E-state index contributed by atoms with van der Waals surface area (Å²) in [5, 5.41) is 2.82. The molecule has 0 saturated carbocycles. The lowest BCUT2D eigenvalue weighted by molar-refractivity contribution is -0.111. The number of benzene rings is 2. The molecule has 0 radical (unpaired) electrons. The molecule has 0 unspecified atom stereocenters. The number of ether oxygens (including phenoxy) is 2. The number of hydrogen-bond donors (Lipinski definition) is 1. The minimum Gasteiger partial charge on any atom is -0.497 e. The fourth-order valence-corrected chi connectivity index (χ4v) is 2.04. The number of hydrogen-bond acceptors (Lipinski definition) is 3. The molecule has 0 spiro atoms. The number of carbonyl (C=O) groups is 1. The Morgan fingerprint density at radius 2 is 1.71 bits per heavy atom. The van der Waals surface area contributed by atoms with Crippen LogP contribution in [0.2, 0.25) is 0 Å². The van der Waals surface area contributed by atoms with Gasteiger partial charge < -0.3 is 14.8 Å². The largest absolute Gasteiger partial charge is 0.497 e. The predicted octanol–water partition coefficient (Wildman–Crippen LogP) is 4.53. The Morgan fingerprint density at radius 3 is 2.33 bits per heavy atom. The Bertz CT molecular complexity index is 660. The summed E-state index contributed by atoms with van der Waals surface area (Å²) in [5.41, 5.74) is 1.67. The molecule has 1 N–H and O–H groups in total. The van der Waals surface area contributed by atoms with E-state index in [4.69, 9.17) is 9.47 Å². The van der Waals surface area contributed by atoms with Crippen molar-refractivity contribution in [3.05, 3.63) is 60.2 Å². The lowest BCUT2D eigenvalue weighted by Crippen LogP contribution is -2.07. The Morgan fingerprint density at radius 1 is 1.04 bits per heavy atom. The predicted molar refractivity (Wildman–Crippen MR) is 97.5 cm³/mol. The highest BCUT2D eigenvalue weighted by Gasteiger charge is 1.99. The van der Waals surface area contributed by atoms with Gasteiger partial charge in [-0.05, 0) is 54.5 Å². The van der Waals surface area contributed by atoms with Crippen molar-refractivity contribution in [1.82, 2.24) is 0 Å². The van der Waals surface area contributed by atoms with Crippen LogP contribution in [0.5, 0.6) is 11.5 Å². The monoisotopic (exact) mass is 325 g/mol. The van der Waals surface area contributed by atoms with Gasteiger partial charge in [0, 0.05) is 11.8 Å². The Labute approximate surface area is 143 Å². The van der Waals surface area contributed by atoms with Gasteiger partial charge >= 0.3 is 0 Å². The number of amides is 1. The first kappa shape index (κ1) is 17.6. The van der Waals surface area contributed by atoms with Crippen LogP contribution < -0.4 is 14.8 Å². The van der Waals surface area contributed by atoms with Crippen molar-refractivity contribution in [3.8, 4) is 11.5 Å². The zero-order valence-electron chi connectivity index (χ0n) is 14.1. The van der Waals surface area contributed by atoms with Crippen molar-refractivity contribution in [1.29, 1.82) is 0 Å². The third-order valence-corrected chi connectivity index (χ3v) is 3.43. The maximum absolute atomic E-state index is 12.0. The van der Waals surface area contributed by atoms with Crippen LogP contribution in [0.1, 0.15) is 25.3 Å². The molecule has 0 heterocycles. The molecule has 0 aromatic heterocycles. The van der Waals surface area contributed by atoms with Crippen LogP contribution in [0.25, 0.3) is 6.08 Å². The summed E-state index contributed by atoms with van der Waals surface area (Å²) in [6.45, 7) is 2.84. The summed E-state index contributed by atoms with van der Waals surface area (Å²) in [7, 11) is 1.62. The maximum Gasteiger partial charge on any atom is 0.248 e. The summed E-state index contributed by atoms with van der Waals surface area (Å²) in [5.74, 6) is 1.43. The summed E-state index contributed by atoms with van der Waals surface area (Å²) in [4.78, 5) is 12.0. The van der Waals surface area contributed by atoms with Crippen LogP contribution >= 0.6 is 0 Å². The molecule has 126 valence electrons. The van der Waals surface area contributed by atoms with E-state index in [-0.39, 0.29) is 5.91 Å². The van der Waals surface area contributed by atoms with Crippen LogP contribution in [0, 0.1) is 0 Å². The Kier molecular flexibility index (Phi) is 6.90. The number of anilines is 1. The Balaban J connectivity index is 1.85. The van der Waals surface area contributed by atoms with E-state index in [1.165, 1.54) is 6.08 Å². The van der Waals surface area contributed by atoms with Gasteiger partial charge in [0.2, 0.25) is 5.91 Å². The number of nitrogens with one attached hydrogen (secondary N) is 1. The second-order valence-corrected chi connectivity index (χ2v) is 5.32. The molecule has 0 bridgehead atoms. The minimum atomic E-state index is -0.175. The zero-order chi connectivity index (χ0) is 17.2. The molecule has 0 fully saturated rings. The fourth-order valence-electron chi connectivity index (χ4n) is 2.04. The number of unbranched alkanes of at least 4 members (excludes halogenated alkanes) is 1. The molecule has 4 nitrogen and oxygen atoms in total. The topological polar surface area (TPSA) is 47.6 Å². The van der Waals surface area contributed by atoms with Gasteiger partial charge in [-0.15, -0.1) is 0 Å². The van der Waals surface area contributed by atoms with Gasteiger partial charge in [0.25, 0.3) is 0 Å². The molecule has 4 heteroatoms. The van der Waals surface area contributed by atoms with Gasteiger partial charge in [0.15, 0.2) is 0 Å². The van der Waals surface area contributed by atoms with E-state index in [0.29, 0.717) is 6.61 Å². The van der Waals surface area contributed by atoms with Gasteiger partial charge in [0.05, 0.1) is 13.7 Å². The molecular weight excluding hydrogens is 302 g/mol. The highest BCUT2D eigenvalue weighted by atomic mass is 16.5. The van der Waals surface area contributed by atoms with Crippen LogP contribution in [0.4, 0.5) is 5.69 Å². The van der Waals surface area contributed by atoms with Gasteiger partial charge in [0.1, 0.15) is 11.5 Å². The van der Waals surface area contributed by atoms with E-state index in [9.17, 15) is 4.79 Å². The molecule has 0 aliphatic carbocycles. The lowest BCUT2D eigenvalue weighted by atomic mass is 10.2. The molecule has 24 heavy (non-hydrogen) atoms. The van der Waals surface area contributed by atoms with Gasteiger partial charge in [-0.1, -0.05) is 25.5 Å². The standard InChI is InChI=1S/C20H23NO3/c1-3-4-15-24-19-12-8-17(9-13-19)21-20(22)14-7-16-5-10-18(23-2)11-6-16/h5-14H,3-4,15H2,1-2H3,(H,21,22). The maximum atomic E-state index is 12.0. The quantitative estimate of drug-likeness (QED) is 0.573. The third kappa shape index (κ3) is 5.80. The second kappa shape index (κ2) is 9.40. The molecule has 0 atom stereocenters. The van der Waals surface area contributed by atoms with E-state index in [1.54, 1.807) is 13.2 Å². The number of rotatable bonds is 8. The minimum absolute atomic E-state index is 0.175. The third-order valence-electron chi connectivity index (χ3n) is 3.43. The molecule has 2 rings (SSSR count). The normalized spacial score (nSPS) is 10.6. The smallest absolute Gasteiger partial charge is 0.248 e. The van der Waals surface area contributed by atoms with Crippen LogP contribution in [-0.4, -0.2) is 19.6 Å².